The fraction of sp³-hybridized carbons (Fsp3) is 0.406. The first-order valence-corrected chi connectivity index (χ1v) is 15.7. The SMILES string of the molecule is C=CCN(CC(=O)N1CCc2sccc2[C@H]1c1ccc(C(C)(C)C)cc1)S(=O)(=O)c1ccc(C(C)(C)C)cc1. The summed E-state index contributed by atoms with van der Waals surface area (Å²) in [5.41, 5.74) is 4.37. The lowest BCUT2D eigenvalue weighted by molar-refractivity contribution is -0.133. The molecule has 2 heterocycles. The van der Waals surface area contributed by atoms with Crippen molar-refractivity contribution >= 4 is 27.3 Å². The van der Waals surface area contributed by atoms with Crippen LogP contribution in [0, 0.1) is 0 Å². The van der Waals surface area contributed by atoms with Crippen LogP contribution in [0.2, 0.25) is 0 Å². The topological polar surface area (TPSA) is 57.7 Å². The van der Waals surface area contributed by atoms with Gasteiger partial charge < -0.3 is 4.90 Å². The average Bonchev–Trinajstić information content (AvgIpc) is 3.36. The predicted molar refractivity (Wildman–Crippen MR) is 161 cm³/mol. The van der Waals surface area contributed by atoms with Crippen molar-refractivity contribution in [2.75, 3.05) is 19.6 Å². The molecule has 1 aliphatic heterocycles. The number of fused-ring (bicyclic) bond motifs is 1. The van der Waals surface area contributed by atoms with E-state index in [0.29, 0.717) is 6.54 Å². The normalized spacial score (nSPS) is 16.3. The lowest BCUT2D eigenvalue weighted by Crippen LogP contribution is -2.46. The Labute approximate surface area is 238 Å². The summed E-state index contributed by atoms with van der Waals surface area (Å²) >= 11 is 1.71. The fourth-order valence-electron chi connectivity index (χ4n) is 5.02. The summed E-state index contributed by atoms with van der Waals surface area (Å²) < 4.78 is 28.5. The maximum atomic E-state index is 13.9. The van der Waals surface area contributed by atoms with Gasteiger partial charge in [0.25, 0.3) is 0 Å². The van der Waals surface area contributed by atoms with Crippen LogP contribution in [-0.4, -0.2) is 43.2 Å². The van der Waals surface area contributed by atoms with Crippen molar-refractivity contribution in [2.24, 2.45) is 0 Å². The molecule has 39 heavy (non-hydrogen) atoms. The maximum absolute atomic E-state index is 13.9. The molecule has 4 rings (SSSR count). The van der Waals surface area contributed by atoms with Crippen LogP contribution in [-0.2, 0) is 32.1 Å². The number of benzene rings is 2. The highest BCUT2D eigenvalue weighted by atomic mass is 32.2. The lowest BCUT2D eigenvalue weighted by atomic mass is 9.85. The number of carbonyl (C=O) groups is 1. The van der Waals surface area contributed by atoms with E-state index in [1.165, 1.54) is 20.8 Å². The molecule has 1 aliphatic rings. The monoisotopic (exact) mass is 564 g/mol. The molecule has 1 aromatic heterocycles. The molecule has 3 aromatic rings. The van der Waals surface area contributed by atoms with Gasteiger partial charge in [-0.25, -0.2) is 8.42 Å². The highest BCUT2D eigenvalue weighted by molar-refractivity contribution is 7.89. The Morgan fingerprint density at radius 1 is 0.974 bits per heavy atom. The van der Waals surface area contributed by atoms with Crippen LogP contribution in [0.1, 0.15) is 74.7 Å². The van der Waals surface area contributed by atoms with Crippen LogP contribution in [0.4, 0.5) is 0 Å². The van der Waals surface area contributed by atoms with Crippen molar-refractivity contribution in [3.8, 4) is 0 Å². The van der Waals surface area contributed by atoms with E-state index >= 15 is 0 Å². The standard InChI is InChI=1S/C32H40N2O3S2/c1-8-19-33(39(36,37)26-15-13-25(14-16-26)32(5,6)7)22-29(35)34-20-17-28-27(18-21-38-28)30(34)23-9-11-24(12-10-23)31(2,3)4/h8-16,18,21,30H,1,17,19-20,22H2,2-7H3/t30-/m1/s1. The van der Waals surface area contributed by atoms with Crippen LogP contribution in [0.3, 0.4) is 0 Å². The Kier molecular flexibility index (Phi) is 8.27. The fourth-order valence-corrected chi connectivity index (χ4v) is 7.28. The molecule has 0 unspecified atom stereocenters. The van der Waals surface area contributed by atoms with Crippen LogP contribution >= 0.6 is 11.3 Å². The summed E-state index contributed by atoms with van der Waals surface area (Å²) in [6.07, 6.45) is 2.29. The molecule has 0 saturated heterocycles. The highest BCUT2D eigenvalue weighted by Gasteiger charge is 2.35. The Hall–Kier alpha value is -2.74. The van der Waals surface area contributed by atoms with Gasteiger partial charge in [-0.3, -0.25) is 4.79 Å². The highest BCUT2D eigenvalue weighted by Crippen LogP contribution is 2.38. The summed E-state index contributed by atoms with van der Waals surface area (Å²) in [4.78, 5) is 17.2. The summed E-state index contributed by atoms with van der Waals surface area (Å²) in [5.74, 6) is -0.214. The van der Waals surface area contributed by atoms with Crippen molar-refractivity contribution < 1.29 is 13.2 Å². The molecule has 0 saturated carbocycles. The van der Waals surface area contributed by atoms with Crippen LogP contribution in [0.25, 0.3) is 0 Å². The smallest absolute Gasteiger partial charge is 0.243 e. The molecule has 0 radical (unpaired) electrons. The van der Waals surface area contributed by atoms with Crippen molar-refractivity contribution in [3.05, 3.63) is 99.8 Å². The quantitative estimate of drug-likeness (QED) is 0.300. The molecule has 208 valence electrons. The average molecular weight is 565 g/mol. The molecule has 1 amide bonds. The van der Waals surface area contributed by atoms with Crippen LogP contribution in [0.5, 0.6) is 0 Å². The van der Waals surface area contributed by atoms with E-state index in [0.717, 1.165) is 23.1 Å². The number of nitrogens with zero attached hydrogens (tertiary/aromatic N) is 2. The maximum Gasteiger partial charge on any atom is 0.243 e. The van der Waals surface area contributed by atoms with E-state index in [9.17, 15) is 13.2 Å². The van der Waals surface area contributed by atoms with Gasteiger partial charge in [0.15, 0.2) is 0 Å². The van der Waals surface area contributed by atoms with Gasteiger partial charge in [-0.2, -0.15) is 4.31 Å². The largest absolute Gasteiger partial charge is 0.330 e. The summed E-state index contributed by atoms with van der Waals surface area (Å²) in [6, 6.07) is 17.3. The summed E-state index contributed by atoms with van der Waals surface area (Å²) in [7, 11) is -3.90. The second kappa shape index (κ2) is 11.0. The first-order chi connectivity index (χ1) is 18.2. The second-order valence-electron chi connectivity index (χ2n) is 12.3. The number of thiophene rings is 1. The van der Waals surface area contributed by atoms with E-state index in [4.69, 9.17) is 0 Å². The van der Waals surface area contributed by atoms with Crippen molar-refractivity contribution in [2.45, 2.75) is 69.7 Å². The molecule has 7 heteroatoms. The molecular weight excluding hydrogens is 524 g/mol. The van der Waals surface area contributed by atoms with Gasteiger partial charge in [-0.05, 0) is 63.1 Å². The van der Waals surface area contributed by atoms with Crippen molar-refractivity contribution in [1.29, 1.82) is 0 Å². The molecule has 0 aliphatic carbocycles. The molecule has 0 spiro atoms. The van der Waals surface area contributed by atoms with E-state index in [-0.39, 0.29) is 40.8 Å². The van der Waals surface area contributed by atoms with E-state index in [1.54, 1.807) is 23.5 Å². The summed E-state index contributed by atoms with van der Waals surface area (Å²) in [6.45, 7) is 16.9. The molecule has 1 atom stereocenters. The Bertz CT molecular complexity index is 1420. The minimum absolute atomic E-state index is 0.0266. The van der Waals surface area contributed by atoms with E-state index < -0.39 is 10.0 Å². The Morgan fingerprint density at radius 3 is 2.08 bits per heavy atom. The first kappa shape index (κ1) is 29.2. The third-order valence-corrected chi connectivity index (χ3v) is 10.2. The molecule has 2 aromatic carbocycles. The number of sulfonamides is 1. The Morgan fingerprint density at radius 2 is 1.54 bits per heavy atom. The number of rotatable bonds is 7. The van der Waals surface area contributed by atoms with Gasteiger partial charge in [0, 0.05) is 18.0 Å². The van der Waals surface area contributed by atoms with Crippen molar-refractivity contribution in [3.63, 3.8) is 0 Å². The molecule has 0 fully saturated rings. The zero-order chi connectivity index (χ0) is 28.6. The zero-order valence-corrected chi connectivity index (χ0v) is 25.5. The zero-order valence-electron chi connectivity index (χ0n) is 23.9. The van der Waals surface area contributed by atoms with Crippen LogP contribution < -0.4 is 0 Å². The van der Waals surface area contributed by atoms with Crippen LogP contribution in [0.15, 0.2) is 77.5 Å². The predicted octanol–water partition coefficient (Wildman–Crippen LogP) is 6.69. The van der Waals surface area contributed by atoms with E-state index in [1.807, 2.05) is 17.0 Å². The number of hydrogen-bond acceptors (Lipinski definition) is 4. The minimum atomic E-state index is -3.90. The third-order valence-electron chi connectivity index (χ3n) is 7.38. The Balaban J connectivity index is 1.64. The van der Waals surface area contributed by atoms with Gasteiger partial charge in [0.2, 0.25) is 15.9 Å². The lowest BCUT2D eigenvalue weighted by Gasteiger charge is -2.37. The second-order valence-corrected chi connectivity index (χ2v) is 15.2. The number of amides is 1. The number of carbonyl (C=O) groups excluding carboxylic acids is 1. The summed E-state index contributed by atoms with van der Waals surface area (Å²) in [5, 5.41) is 2.07. The number of hydrogen-bond donors (Lipinski definition) is 0. The first-order valence-electron chi connectivity index (χ1n) is 13.4. The molecule has 0 bridgehead atoms. The van der Waals surface area contributed by atoms with Gasteiger partial charge >= 0.3 is 0 Å². The molecule has 0 N–H and O–H groups in total. The van der Waals surface area contributed by atoms with Gasteiger partial charge in [-0.15, -0.1) is 17.9 Å². The molecular formula is C32H40N2O3S2. The molecule has 5 nitrogen and oxygen atoms in total. The van der Waals surface area contributed by atoms with E-state index in [2.05, 4.69) is 83.8 Å². The third kappa shape index (κ3) is 6.21. The van der Waals surface area contributed by atoms with Gasteiger partial charge in [0.1, 0.15) is 0 Å². The van der Waals surface area contributed by atoms with Crippen molar-refractivity contribution in [1.82, 2.24) is 9.21 Å². The van der Waals surface area contributed by atoms with Gasteiger partial charge in [-0.1, -0.05) is 84.0 Å². The van der Waals surface area contributed by atoms with Gasteiger partial charge in [0.05, 0.1) is 17.5 Å². The minimum Gasteiger partial charge on any atom is -0.330 e.